The molecule has 0 saturated carbocycles. The number of imide groups is 1. The molecule has 0 N–H and O–H groups in total. The first-order valence-corrected chi connectivity index (χ1v) is 8.06. The molecule has 1 aliphatic heterocycles. The molecule has 0 radical (unpaired) electrons. The van der Waals surface area contributed by atoms with Crippen LogP contribution in [0.5, 0.6) is 11.5 Å². The molecule has 1 saturated heterocycles. The SMILES string of the molecule is C=CCOc1c(/C=C2\SC(=O)N(CC(=O)OC)C2=O)cccc1OC. The predicted octanol–water partition coefficient (Wildman–Crippen LogP) is 2.47. The minimum Gasteiger partial charge on any atom is -0.493 e. The standard InChI is InChI=1S/C17H17NO6S/c1-4-8-24-15-11(6-5-7-12(15)22-2)9-13-16(20)18(17(21)25-13)10-14(19)23-3/h4-7,9H,1,8,10H2,2-3H3/b13-9-. The minimum absolute atomic E-state index is 0.186. The Bertz CT molecular complexity index is 743. The van der Waals surface area contributed by atoms with Gasteiger partial charge in [0.25, 0.3) is 11.1 Å². The Morgan fingerprint density at radius 3 is 2.72 bits per heavy atom. The van der Waals surface area contributed by atoms with Crippen LogP contribution in [0.1, 0.15) is 5.56 Å². The highest BCUT2D eigenvalue weighted by Gasteiger charge is 2.36. The lowest BCUT2D eigenvalue weighted by molar-refractivity contribution is -0.143. The van der Waals surface area contributed by atoms with Gasteiger partial charge in [0, 0.05) is 5.56 Å². The number of ether oxygens (including phenoxy) is 3. The second kappa shape index (κ2) is 8.39. The summed E-state index contributed by atoms with van der Waals surface area (Å²) >= 11 is 0.749. The van der Waals surface area contributed by atoms with Crippen LogP contribution in [0, 0.1) is 0 Å². The summed E-state index contributed by atoms with van der Waals surface area (Å²) in [6.07, 6.45) is 3.11. The summed E-state index contributed by atoms with van der Waals surface area (Å²) in [7, 11) is 2.70. The Morgan fingerprint density at radius 1 is 1.32 bits per heavy atom. The zero-order valence-corrected chi connectivity index (χ0v) is 14.6. The first-order chi connectivity index (χ1) is 12.0. The maximum atomic E-state index is 12.4. The van der Waals surface area contributed by atoms with E-state index in [4.69, 9.17) is 9.47 Å². The number of benzene rings is 1. The molecule has 7 nitrogen and oxygen atoms in total. The Kier molecular flexibility index (Phi) is 6.24. The van der Waals surface area contributed by atoms with E-state index in [-0.39, 0.29) is 11.5 Å². The van der Waals surface area contributed by atoms with Crippen molar-refractivity contribution in [2.75, 3.05) is 27.4 Å². The van der Waals surface area contributed by atoms with E-state index in [2.05, 4.69) is 11.3 Å². The van der Waals surface area contributed by atoms with E-state index in [0.717, 1.165) is 16.7 Å². The van der Waals surface area contributed by atoms with Crippen LogP contribution < -0.4 is 9.47 Å². The average molecular weight is 363 g/mol. The van der Waals surface area contributed by atoms with E-state index in [9.17, 15) is 14.4 Å². The number of thioether (sulfide) groups is 1. The van der Waals surface area contributed by atoms with E-state index in [1.807, 2.05) is 0 Å². The van der Waals surface area contributed by atoms with Crippen molar-refractivity contribution in [3.05, 3.63) is 41.3 Å². The molecular formula is C17H17NO6S. The van der Waals surface area contributed by atoms with E-state index in [1.54, 1.807) is 24.3 Å². The quantitative estimate of drug-likeness (QED) is 0.418. The summed E-state index contributed by atoms with van der Waals surface area (Å²) in [5.74, 6) is -0.299. The first-order valence-electron chi connectivity index (χ1n) is 7.24. The van der Waals surface area contributed by atoms with E-state index in [1.165, 1.54) is 20.3 Å². The molecule has 0 bridgehead atoms. The smallest absolute Gasteiger partial charge is 0.325 e. The Balaban J connectivity index is 2.34. The van der Waals surface area contributed by atoms with Gasteiger partial charge in [-0.1, -0.05) is 24.8 Å². The van der Waals surface area contributed by atoms with Crippen molar-refractivity contribution in [2.45, 2.75) is 0 Å². The predicted molar refractivity (Wildman–Crippen MR) is 93.4 cm³/mol. The topological polar surface area (TPSA) is 82.1 Å². The van der Waals surface area contributed by atoms with Crippen molar-refractivity contribution < 1.29 is 28.6 Å². The number of hydrogen-bond donors (Lipinski definition) is 0. The average Bonchev–Trinajstić information content (AvgIpc) is 2.87. The third-order valence-corrected chi connectivity index (χ3v) is 4.16. The molecule has 0 spiro atoms. The van der Waals surface area contributed by atoms with Gasteiger partial charge in [-0.25, -0.2) is 0 Å². The van der Waals surface area contributed by atoms with Crippen LogP contribution in [-0.4, -0.2) is 49.4 Å². The molecule has 2 rings (SSSR count). The highest BCUT2D eigenvalue weighted by Crippen LogP contribution is 2.37. The summed E-state index contributed by atoms with van der Waals surface area (Å²) < 4.78 is 15.4. The normalized spacial score (nSPS) is 15.4. The highest BCUT2D eigenvalue weighted by atomic mass is 32.2. The Hall–Kier alpha value is -2.74. The molecule has 0 unspecified atom stereocenters. The van der Waals surface area contributed by atoms with Gasteiger partial charge in [-0.05, 0) is 23.9 Å². The van der Waals surface area contributed by atoms with Gasteiger partial charge in [-0.15, -0.1) is 0 Å². The molecule has 0 aliphatic carbocycles. The van der Waals surface area contributed by atoms with Gasteiger partial charge in [0.05, 0.1) is 19.1 Å². The summed E-state index contributed by atoms with van der Waals surface area (Å²) in [5, 5.41) is -0.530. The fourth-order valence-corrected chi connectivity index (χ4v) is 2.90. The zero-order chi connectivity index (χ0) is 18.4. The van der Waals surface area contributed by atoms with E-state index in [0.29, 0.717) is 17.1 Å². The Morgan fingerprint density at radius 2 is 2.08 bits per heavy atom. The Labute approximate surface area is 149 Å². The van der Waals surface area contributed by atoms with Crippen LogP contribution in [0.25, 0.3) is 6.08 Å². The molecule has 132 valence electrons. The van der Waals surface area contributed by atoms with Crippen LogP contribution in [-0.2, 0) is 14.3 Å². The van der Waals surface area contributed by atoms with Gasteiger partial charge in [0.2, 0.25) is 0 Å². The summed E-state index contributed by atoms with van der Waals surface area (Å²) in [6.45, 7) is 3.43. The fourth-order valence-electron chi connectivity index (χ4n) is 2.08. The molecular weight excluding hydrogens is 346 g/mol. The third-order valence-electron chi connectivity index (χ3n) is 3.25. The van der Waals surface area contributed by atoms with Gasteiger partial charge < -0.3 is 14.2 Å². The molecule has 25 heavy (non-hydrogen) atoms. The number of para-hydroxylation sites is 1. The van der Waals surface area contributed by atoms with Crippen LogP contribution in [0.15, 0.2) is 35.8 Å². The zero-order valence-electron chi connectivity index (χ0n) is 13.8. The monoisotopic (exact) mass is 363 g/mol. The molecule has 1 aromatic rings. The maximum Gasteiger partial charge on any atom is 0.325 e. The number of hydrogen-bond acceptors (Lipinski definition) is 7. The third kappa shape index (κ3) is 4.21. The first kappa shape index (κ1) is 18.6. The number of amides is 2. The van der Waals surface area contributed by atoms with Crippen molar-refractivity contribution in [2.24, 2.45) is 0 Å². The fraction of sp³-hybridized carbons (Fsp3) is 0.235. The number of carbonyl (C=O) groups is 3. The lowest BCUT2D eigenvalue weighted by atomic mass is 10.1. The van der Waals surface area contributed by atoms with Crippen LogP contribution >= 0.6 is 11.8 Å². The van der Waals surface area contributed by atoms with Gasteiger partial charge in [0.1, 0.15) is 13.2 Å². The van der Waals surface area contributed by atoms with Crippen molar-refractivity contribution in [1.82, 2.24) is 4.90 Å². The lowest BCUT2D eigenvalue weighted by Gasteiger charge is -2.12. The van der Waals surface area contributed by atoms with Crippen LogP contribution in [0.4, 0.5) is 4.79 Å². The number of nitrogens with zero attached hydrogens (tertiary/aromatic N) is 1. The summed E-state index contributed by atoms with van der Waals surface area (Å²) in [6, 6.07) is 5.19. The largest absolute Gasteiger partial charge is 0.493 e. The number of esters is 1. The molecule has 1 aliphatic rings. The number of carbonyl (C=O) groups excluding carboxylic acids is 3. The highest BCUT2D eigenvalue weighted by molar-refractivity contribution is 8.18. The van der Waals surface area contributed by atoms with Crippen molar-refractivity contribution in [3.63, 3.8) is 0 Å². The van der Waals surface area contributed by atoms with Gasteiger partial charge >= 0.3 is 5.97 Å². The number of methoxy groups -OCH3 is 2. The van der Waals surface area contributed by atoms with Crippen molar-refractivity contribution in [1.29, 1.82) is 0 Å². The molecule has 0 atom stereocenters. The van der Waals surface area contributed by atoms with Crippen molar-refractivity contribution >= 4 is 35.0 Å². The van der Waals surface area contributed by atoms with Crippen LogP contribution in [0.3, 0.4) is 0 Å². The molecule has 2 amide bonds. The lowest BCUT2D eigenvalue weighted by Crippen LogP contribution is -2.34. The second-order valence-corrected chi connectivity index (χ2v) is 5.82. The summed E-state index contributed by atoms with van der Waals surface area (Å²) in [4.78, 5) is 36.7. The number of rotatable bonds is 7. The minimum atomic E-state index is -0.667. The van der Waals surface area contributed by atoms with Crippen LogP contribution in [0.2, 0.25) is 0 Å². The summed E-state index contributed by atoms with van der Waals surface area (Å²) in [5.41, 5.74) is 0.574. The molecule has 0 aromatic heterocycles. The molecule has 8 heteroatoms. The van der Waals surface area contributed by atoms with Gasteiger partial charge in [-0.2, -0.15) is 0 Å². The van der Waals surface area contributed by atoms with Gasteiger partial charge in [0.15, 0.2) is 11.5 Å². The van der Waals surface area contributed by atoms with E-state index < -0.39 is 23.7 Å². The van der Waals surface area contributed by atoms with E-state index >= 15 is 0 Å². The molecule has 1 heterocycles. The second-order valence-electron chi connectivity index (χ2n) is 4.82. The maximum absolute atomic E-state index is 12.4. The molecule has 1 aromatic carbocycles. The van der Waals surface area contributed by atoms with Crippen molar-refractivity contribution in [3.8, 4) is 11.5 Å². The molecule has 1 fully saturated rings. The van der Waals surface area contributed by atoms with Gasteiger partial charge in [-0.3, -0.25) is 19.3 Å².